The van der Waals surface area contributed by atoms with E-state index in [0.29, 0.717) is 12.3 Å². The molecule has 1 aliphatic carbocycles. The zero-order chi connectivity index (χ0) is 10.6. The predicted octanol–water partition coefficient (Wildman–Crippen LogP) is 2.54. The van der Waals surface area contributed by atoms with Crippen molar-refractivity contribution in [2.75, 3.05) is 0 Å². The fourth-order valence-electron chi connectivity index (χ4n) is 2.44. The fourth-order valence-corrected chi connectivity index (χ4v) is 2.44. The maximum Gasteiger partial charge on any atom is 0.138 e. The van der Waals surface area contributed by atoms with Gasteiger partial charge in [-0.1, -0.05) is 26.7 Å². The Morgan fingerprint density at radius 2 is 2.29 bits per heavy atom. The number of ketones is 1. The van der Waals surface area contributed by atoms with Crippen molar-refractivity contribution in [2.45, 2.75) is 58.5 Å². The molecule has 2 heteroatoms. The van der Waals surface area contributed by atoms with Gasteiger partial charge in [-0.05, 0) is 25.2 Å². The monoisotopic (exact) mass is 198 g/mol. The van der Waals surface area contributed by atoms with Crippen LogP contribution in [0.15, 0.2) is 0 Å². The van der Waals surface area contributed by atoms with Crippen LogP contribution in [0.25, 0.3) is 0 Å². The summed E-state index contributed by atoms with van der Waals surface area (Å²) in [7, 11) is 0. The van der Waals surface area contributed by atoms with E-state index in [9.17, 15) is 9.90 Å². The molecule has 14 heavy (non-hydrogen) atoms. The molecule has 82 valence electrons. The minimum absolute atomic E-state index is 0.0469. The van der Waals surface area contributed by atoms with E-state index in [1.165, 1.54) is 0 Å². The number of rotatable bonds is 5. The molecule has 3 atom stereocenters. The lowest BCUT2D eigenvalue weighted by atomic mass is 9.90. The standard InChI is InChI=1S/C12H22O2/c1-3-5-9(2)8-12(14)10-6-4-7-11(10)13/h9-10,12,14H,3-8H2,1-2H3. The molecule has 1 saturated carbocycles. The Bertz CT molecular complexity index is 189. The highest BCUT2D eigenvalue weighted by Crippen LogP contribution is 2.28. The second-order valence-electron chi connectivity index (χ2n) is 4.66. The summed E-state index contributed by atoms with van der Waals surface area (Å²) in [5.74, 6) is 0.777. The van der Waals surface area contributed by atoms with E-state index in [2.05, 4.69) is 13.8 Å². The first kappa shape index (κ1) is 11.7. The number of Topliss-reactive ketones (excluding diaryl/α,β-unsaturated/α-hetero) is 1. The Hall–Kier alpha value is -0.370. The largest absolute Gasteiger partial charge is 0.392 e. The van der Waals surface area contributed by atoms with Crippen molar-refractivity contribution in [3.05, 3.63) is 0 Å². The number of hydrogen-bond acceptors (Lipinski definition) is 2. The first-order chi connectivity index (χ1) is 6.65. The third kappa shape index (κ3) is 3.09. The molecular formula is C12H22O2. The number of aliphatic hydroxyl groups is 1. The summed E-state index contributed by atoms with van der Waals surface area (Å²) in [6, 6.07) is 0. The first-order valence-electron chi connectivity index (χ1n) is 5.86. The molecule has 0 aliphatic heterocycles. The SMILES string of the molecule is CCCC(C)CC(O)C1CCCC1=O. The zero-order valence-corrected chi connectivity index (χ0v) is 9.33. The highest BCUT2D eigenvalue weighted by Gasteiger charge is 2.31. The Morgan fingerprint density at radius 3 is 2.79 bits per heavy atom. The molecular weight excluding hydrogens is 176 g/mol. The summed E-state index contributed by atoms with van der Waals surface area (Å²) in [5, 5.41) is 9.90. The van der Waals surface area contributed by atoms with E-state index in [1.54, 1.807) is 0 Å². The van der Waals surface area contributed by atoms with Gasteiger partial charge in [0.2, 0.25) is 0 Å². The van der Waals surface area contributed by atoms with Crippen LogP contribution in [-0.2, 0) is 4.79 Å². The average Bonchev–Trinajstić information content (AvgIpc) is 2.51. The van der Waals surface area contributed by atoms with Crippen LogP contribution in [0, 0.1) is 11.8 Å². The third-order valence-corrected chi connectivity index (χ3v) is 3.24. The molecule has 1 N–H and O–H groups in total. The van der Waals surface area contributed by atoms with E-state index in [-0.39, 0.29) is 17.8 Å². The van der Waals surface area contributed by atoms with Gasteiger partial charge in [0.15, 0.2) is 0 Å². The predicted molar refractivity (Wildman–Crippen MR) is 57.0 cm³/mol. The van der Waals surface area contributed by atoms with E-state index in [0.717, 1.165) is 32.1 Å². The second kappa shape index (κ2) is 5.50. The summed E-state index contributed by atoms with van der Waals surface area (Å²) in [6.07, 6.45) is 5.28. The quantitative estimate of drug-likeness (QED) is 0.737. The lowest BCUT2D eigenvalue weighted by Gasteiger charge is -2.20. The van der Waals surface area contributed by atoms with Gasteiger partial charge >= 0.3 is 0 Å². The maximum atomic E-state index is 11.4. The van der Waals surface area contributed by atoms with Gasteiger partial charge in [0.05, 0.1) is 6.10 Å². The van der Waals surface area contributed by atoms with Crippen molar-refractivity contribution in [3.63, 3.8) is 0 Å². The number of hydrogen-bond donors (Lipinski definition) is 1. The highest BCUT2D eigenvalue weighted by atomic mass is 16.3. The van der Waals surface area contributed by atoms with Crippen LogP contribution in [0.5, 0.6) is 0 Å². The van der Waals surface area contributed by atoms with Crippen LogP contribution in [0.2, 0.25) is 0 Å². The molecule has 0 spiro atoms. The van der Waals surface area contributed by atoms with Gasteiger partial charge in [0.25, 0.3) is 0 Å². The molecule has 0 heterocycles. The van der Waals surface area contributed by atoms with Crippen LogP contribution in [-0.4, -0.2) is 17.0 Å². The Morgan fingerprint density at radius 1 is 1.57 bits per heavy atom. The van der Waals surface area contributed by atoms with Gasteiger partial charge < -0.3 is 5.11 Å². The number of aliphatic hydroxyl groups excluding tert-OH is 1. The molecule has 1 aliphatic rings. The summed E-state index contributed by atoms with van der Waals surface area (Å²) >= 11 is 0. The third-order valence-electron chi connectivity index (χ3n) is 3.24. The van der Waals surface area contributed by atoms with Crippen molar-refractivity contribution in [2.24, 2.45) is 11.8 Å². The molecule has 1 fully saturated rings. The van der Waals surface area contributed by atoms with Crippen molar-refractivity contribution in [1.29, 1.82) is 0 Å². The van der Waals surface area contributed by atoms with Gasteiger partial charge in [-0.25, -0.2) is 0 Å². The van der Waals surface area contributed by atoms with Crippen molar-refractivity contribution in [3.8, 4) is 0 Å². The fraction of sp³-hybridized carbons (Fsp3) is 0.917. The number of carbonyl (C=O) groups is 1. The Kier molecular flexibility index (Phi) is 4.59. The average molecular weight is 198 g/mol. The molecule has 0 saturated heterocycles. The van der Waals surface area contributed by atoms with Gasteiger partial charge in [-0.15, -0.1) is 0 Å². The molecule has 0 bridgehead atoms. The smallest absolute Gasteiger partial charge is 0.138 e. The summed E-state index contributed by atoms with van der Waals surface area (Å²) in [6.45, 7) is 4.32. The van der Waals surface area contributed by atoms with Gasteiger partial charge in [0.1, 0.15) is 5.78 Å². The van der Waals surface area contributed by atoms with Crippen LogP contribution in [0.1, 0.15) is 52.4 Å². The minimum atomic E-state index is -0.383. The lowest BCUT2D eigenvalue weighted by molar-refractivity contribution is -0.124. The summed E-state index contributed by atoms with van der Waals surface area (Å²) in [4.78, 5) is 11.4. The molecule has 0 radical (unpaired) electrons. The van der Waals surface area contributed by atoms with Crippen molar-refractivity contribution >= 4 is 5.78 Å². The van der Waals surface area contributed by atoms with E-state index < -0.39 is 0 Å². The lowest BCUT2D eigenvalue weighted by Crippen LogP contribution is -2.25. The number of carbonyl (C=O) groups excluding carboxylic acids is 1. The zero-order valence-electron chi connectivity index (χ0n) is 9.33. The van der Waals surface area contributed by atoms with Gasteiger partial charge in [-0.2, -0.15) is 0 Å². The first-order valence-corrected chi connectivity index (χ1v) is 5.86. The summed E-state index contributed by atoms with van der Waals surface area (Å²) < 4.78 is 0. The normalized spacial score (nSPS) is 26.5. The van der Waals surface area contributed by atoms with Gasteiger partial charge in [-0.3, -0.25) is 4.79 Å². The Labute approximate surface area is 86.7 Å². The van der Waals surface area contributed by atoms with Crippen LogP contribution in [0.3, 0.4) is 0 Å². The Balaban J connectivity index is 2.33. The highest BCUT2D eigenvalue weighted by molar-refractivity contribution is 5.83. The molecule has 0 aromatic carbocycles. The van der Waals surface area contributed by atoms with E-state index >= 15 is 0 Å². The minimum Gasteiger partial charge on any atom is -0.392 e. The maximum absolute atomic E-state index is 11.4. The van der Waals surface area contributed by atoms with E-state index in [4.69, 9.17) is 0 Å². The van der Waals surface area contributed by atoms with Crippen molar-refractivity contribution in [1.82, 2.24) is 0 Å². The van der Waals surface area contributed by atoms with Crippen LogP contribution < -0.4 is 0 Å². The molecule has 2 nitrogen and oxygen atoms in total. The molecule has 1 rings (SSSR count). The second-order valence-corrected chi connectivity index (χ2v) is 4.66. The van der Waals surface area contributed by atoms with Crippen molar-refractivity contribution < 1.29 is 9.90 Å². The van der Waals surface area contributed by atoms with Crippen LogP contribution >= 0.6 is 0 Å². The summed E-state index contributed by atoms with van der Waals surface area (Å²) in [5.41, 5.74) is 0. The molecule has 0 aromatic rings. The molecule has 0 amide bonds. The van der Waals surface area contributed by atoms with Crippen LogP contribution in [0.4, 0.5) is 0 Å². The van der Waals surface area contributed by atoms with E-state index in [1.807, 2.05) is 0 Å². The van der Waals surface area contributed by atoms with Gasteiger partial charge in [0, 0.05) is 12.3 Å². The molecule has 0 aromatic heterocycles. The topological polar surface area (TPSA) is 37.3 Å². The molecule has 3 unspecified atom stereocenters.